The minimum absolute atomic E-state index is 0.00965. The summed E-state index contributed by atoms with van der Waals surface area (Å²) in [6.07, 6.45) is -0.463. The smallest absolute Gasteiger partial charge is 0.341 e. The summed E-state index contributed by atoms with van der Waals surface area (Å²) >= 11 is 2.37. The topological polar surface area (TPSA) is 95.3 Å². The van der Waals surface area contributed by atoms with Crippen LogP contribution in [0.1, 0.15) is 36.1 Å². The fourth-order valence-corrected chi connectivity index (χ4v) is 5.45. The number of thiophene rings is 1. The minimum atomic E-state index is -0.612. The monoisotopic (exact) mass is 558 g/mol. The molecule has 2 heterocycles. The highest BCUT2D eigenvalue weighted by molar-refractivity contribution is 7.99. The lowest BCUT2D eigenvalue weighted by molar-refractivity contribution is -0.113. The zero-order valence-electron chi connectivity index (χ0n) is 20.7. The van der Waals surface area contributed by atoms with Gasteiger partial charge >= 0.3 is 5.97 Å². The fourth-order valence-electron chi connectivity index (χ4n) is 3.66. The molecule has 0 bridgehead atoms. The number of nitrogens with zero attached hydrogens (tertiary/aromatic N) is 3. The van der Waals surface area contributed by atoms with E-state index >= 15 is 0 Å². The number of carbonyl (C=O) groups excluding carboxylic acids is 2. The van der Waals surface area contributed by atoms with Gasteiger partial charge in [-0.2, -0.15) is 0 Å². The van der Waals surface area contributed by atoms with Gasteiger partial charge in [0.2, 0.25) is 5.91 Å². The molecule has 2 aromatic carbocycles. The van der Waals surface area contributed by atoms with Crippen LogP contribution in [0.3, 0.4) is 0 Å². The van der Waals surface area contributed by atoms with Crippen molar-refractivity contribution in [2.45, 2.75) is 31.7 Å². The maximum atomic E-state index is 13.4. The highest BCUT2D eigenvalue weighted by Gasteiger charge is 2.23. The number of aromatic nitrogens is 3. The van der Waals surface area contributed by atoms with Crippen molar-refractivity contribution in [2.75, 3.05) is 18.2 Å². The molecule has 0 saturated heterocycles. The van der Waals surface area contributed by atoms with E-state index in [0.29, 0.717) is 39.4 Å². The number of hydrogen-bond acceptors (Lipinski definition) is 8. The van der Waals surface area contributed by atoms with Gasteiger partial charge < -0.3 is 19.4 Å². The summed E-state index contributed by atoms with van der Waals surface area (Å²) in [5.41, 5.74) is 1.36. The molecule has 0 fully saturated rings. The number of carbonyl (C=O) groups is 2. The van der Waals surface area contributed by atoms with Gasteiger partial charge in [-0.05, 0) is 55.8 Å². The summed E-state index contributed by atoms with van der Waals surface area (Å²) in [4.78, 5) is 25.3. The molecule has 38 heavy (non-hydrogen) atoms. The van der Waals surface area contributed by atoms with E-state index in [0.717, 1.165) is 0 Å². The van der Waals surface area contributed by atoms with Crippen molar-refractivity contribution in [3.8, 4) is 16.9 Å². The Hall–Kier alpha value is -3.77. The fraction of sp³-hybridized carbons (Fsp3) is 0.231. The Morgan fingerprint density at radius 2 is 1.74 bits per heavy atom. The quantitative estimate of drug-likeness (QED) is 0.190. The highest BCUT2D eigenvalue weighted by atomic mass is 32.2. The predicted octanol–water partition coefficient (Wildman–Crippen LogP) is 5.96. The number of rotatable bonds is 10. The van der Waals surface area contributed by atoms with Crippen molar-refractivity contribution < 1.29 is 27.8 Å². The van der Waals surface area contributed by atoms with Crippen molar-refractivity contribution in [1.29, 1.82) is 0 Å². The average Bonchev–Trinajstić information content (AvgIpc) is 3.52. The Morgan fingerprint density at radius 1 is 1.08 bits per heavy atom. The second-order valence-electron chi connectivity index (χ2n) is 7.99. The van der Waals surface area contributed by atoms with Crippen molar-refractivity contribution in [2.24, 2.45) is 0 Å². The van der Waals surface area contributed by atoms with Gasteiger partial charge in [-0.25, -0.2) is 13.6 Å². The number of halogens is 2. The SMILES string of the molecule is CCn1c(SCC(=O)Nc2scc(-c3ccc(F)cc3)c2C(=O)OC)nnc1C(C)Oc1ccc(F)cc1. The molecule has 0 aliphatic rings. The maximum Gasteiger partial charge on any atom is 0.341 e. The summed E-state index contributed by atoms with van der Waals surface area (Å²) in [6, 6.07) is 11.4. The summed E-state index contributed by atoms with van der Waals surface area (Å²) in [6.45, 7) is 4.28. The number of methoxy groups -OCH3 is 1. The standard InChI is InChI=1S/C26H24F2N4O4S2/c1-4-32-23(15(2)36-19-11-9-18(28)10-12-19)30-31-26(32)38-14-21(33)29-24-22(25(34)35-3)20(13-37-24)16-5-7-17(27)8-6-16/h5-13,15H,4,14H2,1-3H3,(H,29,33). The summed E-state index contributed by atoms with van der Waals surface area (Å²) in [5, 5.41) is 13.8. The summed E-state index contributed by atoms with van der Waals surface area (Å²) in [5.74, 6) is -0.643. The van der Waals surface area contributed by atoms with Gasteiger partial charge in [0.15, 0.2) is 17.1 Å². The van der Waals surface area contributed by atoms with E-state index in [1.807, 2.05) is 18.4 Å². The lowest BCUT2D eigenvalue weighted by Crippen LogP contribution is -2.17. The molecule has 0 saturated carbocycles. The number of anilines is 1. The van der Waals surface area contributed by atoms with Crippen molar-refractivity contribution in [1.82, 2.24) is 14.8 Å². The largest absolute Gasteiger partial charge is 0.483 e. The number of nitrogens with one attached hydrogen (secondary N) is 1. The molecular weight excluding hydrogens is 534 g/mol. The summed E-state index contributed by atoms with van der Waals surface area (Å²) in [7, 11) is 1.26. The number of esters is 1. The number of amides is 1. The van der Waals surface area contributed by atoms with Crippen molar-refractivity contribution >= 4 is 40.0 Å². The maximum absolute atomic E-state index is 13.4. The first kappa shape index (κ1) is 27.3. The zero-order chi connectivity index (χ0) is 27.2. The van der Waals surface area contributed by atoms with E-state index in [1.165, 1.54) is 66.6 Å². The molecule has 12 heteroatoms. The third kappa shape index (κ3) is 6.20. The van der Waals surface area contributed by atoms with Crippen LogP contribution in [0.25, 0.3) is 11.1 Å². The van der Waals surface area contributed by atoms with E-state index in [1.54, 1.807) is 17.5 Å². The van der Waals surface area contributed by atoms with E-state index < -0.39 is 17.9 Å². The van der Waals surface area contributed by atoms with E-state index in [-0.39, 0.29) is 23.0 Å². The highest BCUT2D eigenvalue weighted by Crippen LogP contribution is 2.36. The molecule has 2 aromatic heterocycles. The molecular formula is C26H24F2N4O4S2. The van der Waals surface area contributed by atoms with E-state index in [9.17, 15) is 18.4 Å². The lowest BCUT2D eigenvalue weighted by Gasteiger charge is -2.15. The molecule has 1 N–H and O–H groups in total. The first-order valence-electron chi connectivity index (χ1n) is 11.5. The molecule has 1 atom stereocenters. The molecule has 4 rings (SSSR count). The summed E-state index contributed by atoms with van der Waals surface area (Å²) < 4.78 is 39.2. The van der Waals surface area contributed by atoms with Crippen LogP contribution in [0.4, 0.5) is 13.8 Å². The molecule has 1 amide bonds. The third-order valence-electron chi connectivity index (χ3n) is 5.47. The lowest BCUT2D eigenvalue weighted by atomic mass is 10.0. The van der Waals surface area contributed by atoms with Gasteiger partial charge in [0.1, 0.15) is 27.9 Å². The van der Waals surface area contributed by atoms with Gasteiger partial charge in [-0.15, -0.1) is 21.5 Å². The van der Waals surface area contributed by atoms with Crippen LogP contribution >= 0.6 is 23.1 Å². The Kier molecular flexibility index (Phi) is 8.74. The number of thioether (sulfide) groups is 1. The van der Waals surface area contributed by atoms with Crippen molar-refractivity contribution in [3.05, 3.63) is 76.9 Å². The van der Waals surface area contributed by atoms with Gasteiger partial charge in [-0.3, -0.25) is 4.79 Å². The Balaban J connectivity index is 1.45. The number of benzene rings is 2. The molecule has 0 spiro atoms. The number of hydrogen-bond donors (Lipinski definition) is 1. The molecule has 198 valence electrons. The second-order valence-corrected chi connectivity index (χ2v) is 9.81. The van der Waals surface area contributed by atoms with Gasteiger partial charge in [0.25, 0.3) is 0 Å². The van der Waals surface area contributed by atoms with Crippen LogP contribution in [0.5, 0.6) is 5.75 Å². The molecule has 0 radical (unpaired) electrons. The molecule has 0 aliphatic carbocycles. The van der Waals surface area contributed by atoms with Gasteiger partial charge in [0.05, 0.1) is 12.9 Å². The molecule has 8 nitrogen and oxygen atoms in total. The van der Waals surface area contributed by atoms with Crippen LogP contribution in [-0.4, -0.2) is 39.5 Å². The van der Waals surface area contributed by atoms with Crippen molar-refractivity contribution in [3.63, 3.8) is 0 Å². The first-order valence-corrected chi connectivity index (χ1v) is 13.4. The zero-order valence-corrected chi connectivity index (χ0v) is 22.4. The Labute approximate surface area is 226 Å². The van der Waals surface area contributed by atoms with Crippen LogP contribution < -0.4 is 10.1 Å². The Morgan fingerprint density at radius 3 is 2.37 bits per heavy atom. The average molecular weight is 559 g/mol. The third-order valence-corrected chi connectivity index (χ3v) is 7.34. The van der Waals surface area contributed by atoms with Crippen LogP contribution in [0.2, 0.25) is 0 Å². The predicted molar refractivity (Wildman–Crippen MR) is 142 cm³/mol. The Bertz CT molecular complexity index is 1420. The first-order chi connectivity index (χ1) is 18.3. The molecule has 4 aromatic rings. The number of ether oxygens (including phenoxy) is 2. The molecule has 0 aliphatic heterocycles. The van der Waals surface area contributed by atoms with Crippen LogP contribution in [0.15, 0.2) is 59.1 Å². The van der Waals surface area contributed by atoms with E-state index in [4.69, 9.17) is 9.47 Å². The minimum Gasteiger partial charge on any atom is -0.483 e. The second kappa shape index (κ2) is 12.2. The van der Waals surface area contributed by atoms with Crippen LogP contribution in [0, 0.1) is 11.6 Å². The normalized spacial score (nSPS) is 11.7. The van der Waals surface area contributed by atoms with Crippen LogP contribution in [-0.2, 0) is 16.1 Å². The van der Waals surface area contributed by atoms with E-state index in [2.05, 4.69) is 15.5 Å². The van der Waals surface area contributed by atoms with Gasteiger partial charge in [-0.1, -0.05) is 23.9 Å². The van der Waals surface area contributed by atoms with Gasteiger partial charge in [0, 0.05) is 17.5 Å². The molecule has 1 unspecified atom stereocenters.